The number of hydrogen-bond acceptors (Lipinski definition) is 3. The molecule has 2 rings (SSSR count). The molecule has 0 amide bonds. The summed E-state index contributed by atoms with van der Waals surface area (Å²) < 4.78 is 12.0. The first-order chi connectivity index (χ1) is 9.71. The molecule has 1 aliphatic heterocycles. The summed E-state index contributed by atoms with van der Waals surface area (Å²) >= 11 is 5.99. The summed E-state index contributed by atoms with van der Waals surface area (Å²) in [4.78, 5) is 0. The Kier molecular flexibility index (Phi) is 6.79. The molecule has 1 saturated heterocycles. The maximum absolute atomic E-state index is 6.24. The average molecular weight is 346 g/mol. The molecule has 0 saturated carbocycles. The molecule has 6 heteroatoms. The van der Waals surface area contributed by atoms with Crippen molar-refractivity contribution in [3.63, 3.8) is 0 Å². The highest BCUT2D eigenvalue weighted by Crippen LogP contribution is 2.37. The van der Waals surface area contributed by atoms with E-state index in [1.807, 2.05) is 45.9 Å². The molecule has 1 aromatic rings. The van der Waals surface area contributed by atoms with E-state index < -0.39 is 0 Å². The molecule has 1 aromatic carbocycles. The summed E-state index contributed by atoms with van der Waals surface area (Å²) in [7, 11) is -0.325. The fraction of sp³-hybridized carbons (Fsp3) is 0.625. The van der Waals surface area contributed by atoms with Gasteiger partial charge in [-0.15, -0.1) is 12.4 Å². The van der Waals surface area contributed by atoms with Crippen LogP contribution in [0.2, 0.25) is 5.02 Å². The van der Waals surface area contributed by atoms with Crippen molar-refractivity contribution in [2.24, 2.45) is 5.73 Å². The summed E-state index contributed by atoms with van der Waals surface area (Å²) in [5, 5.41) is 0.780. The standard InChI is InChI=1S/C16H25BClNO2.ClH/c1-15(2)16(3,4)21-17(20-15)14(19)10-6-8-12-7-5-9-13(18)11-12;/h5,7,9,11,14H,6,8,10,19H2,1-4H3;1H/t14-;/m0./s1. The first kappa shape index (κ1) is 19.8. The molecule has 1 fully saturated rings. The second kappa shape index (κ2) is 7.54. The van der Waals surface area contributed by atoms with Gasteiger partial charge in [-0.1, -0.05) is 23.7 Å². The van der Waals surface area contributed by atoms with Crippen LogP contribution in [0.3, 0.4) is 0 Å². The number of halogens is 2. The fourth-order valence-corrected chi connectivity index (χ4v) is 2.65. The topological polar surface area (TPSA) is 44.5 Å². The van der Waals surface area contributed by atoms with Crippen molar-refractivity contribution in [2.45, 2.75) is 64.1 Å². The molecule has 22 heavy (non-hydrogen) atoms. The highest BCUT2D eigenvalue weighted by Gasteiger charge is 2.52. The van der Waals surface area contributed by atoms with Crippen molar-refractivity contribution < 1.29 is 9.31 Å². The monoisotopic (exact) mass is 345 g/mol. The Hall–Kier alpha value is -0.255. The highest BCUT2D eigenvalue weighted by atomic mass is 35.5. The summed E-state index contributed by atoms with van der Waals surface area (Å²) in [6.45, 7) is 8.19. The van der Waals surface area contributed by atoms with Gasteiger partial charge < -0.3 is 15.0 Å². The van der Waals surface area contributed by atoms with Crippen LogP contribution in [-0.4, -0.2) is 24.3 Å². The van der Waals surface area contributed by atoms with E-state index in [-0.39, 0.29) is 36.7 Å². The van der Waals surface area contributed by atoms with E-state index in [0.717, 1.165) is 24.3 Å². The number of nitrogens with two attached hydrogens (primary N) is 1. The third kappa shape index (κ3) is 4.62. The maximum atomic E-state index is 6.24. The lowest BCUT2D eigenvalue weighted by Crippen LogP contribution is -2.41. The number of aryl methyl sites for hydroxylation is 1. The van der Waals surface area contributed by atoms with Crippen molar-refractivity contribution in [2.75, 3.05) is 0 Å². The van der Waals surface area contributed by atoms with E-state index in [9.17, 15) is 0 Å². The zero-order chi connectivity index (χ0) is 15.7. The lowest BCUT2D eigenvalue weighted by Gasteiger charge is -2.32. The normalized spacial score (nSPS) is 20.5. The predicted octanol–water partition coefficient (Wildman–Crippen LogP) is 4.04. The molecule has 1 heterocycles. The Bertz CT molecular complexity index is 481. The summed E-state index contributed by atoms with van der Waals surface area (Å²) in [6.07, 6.45) is 2.82. The quantitative estimate of drug-likeness (QED) is 0.819. The van der Waals surface area contributed by atoms with Crippen LogP contribution in [-0.2, 0) is 15.7 Å². The van der Waals surface area contributed by atoms with Gasteiger partial charge in [-0.25, -0.2) is 0 Å². The minimum Gasteiger partial charge on any atom is -0.402 e. The average Bonchev–Trinajstić information content (AvgIpc) is 2.58. The van der Waals surface area contributed by atoms with E-state index in [1.54, 1.807) is 0 Å². The van der Waals surface area contributed by atoms with E-state index in [1.165, 1.54) is 5.56 Å². The summed E-state index contributed by atoms with van der Waals surface area (Å²) in [5.74, 6) is -0.106. The molecular formula is C16H26BCl2NO2. The van der Waals surface area contributed by atoms with E-state index in [2.05, 4.69) is 6.07 Å². The molecule has 1 atom stereocenters. The molecular weight excluding hydrogens is 320 g/mol. The Morgan fingerprint density at radius 2 is 1.77 bits per heavy atom. The maximum Gasteiger partial charge on any atom is 0.475 e. The van der Waals surface area contributed by atoms with Crippen LogP contribution in [0, 0.1) is 0 Å². The minimum absolute atomic E-state index is 0. The number of rotatable bonds is 5. The fourth-order valence-electron chi connectivity index (χ4n) is 2.43. The van der Waals surface area contributed by atoms with Gasteiger partial charge in [-0.2, -0.15) is 0 Å². The SMILES string of the molecule is CC1(C)OB([C@@H](N)CCCc2cccc(Cl)c2)OC1(C)C.Cl. The second-order valence-corrected chi connectivity index (χ2v) is 7.25. The van der Waals surface area contributed by atoms with E-state index in [0.29, 0.717) is 0 Å². The first-order valence-electron chi connectivity index (χ1n) is 7.57. The molecule has 0 unspecified atom stereocenters. The van der Waals surface area contributed by atoms with Gasteiger partial charge in [0, 0.05) is 11.0 Å². The minimum atomic E-state index is -0.325. The molecule has 0 aromatic heterocycles. The van der Waals surface area contributed by atoms with Gasteiger partial charge in [0.1, 0.15) is 0 Å². The van der Waals surface area contributed by atoms with Crippen molar-refractivity contribution in [3.05, 3.63) is 34.9 Å². The van der Waals surface area contributed by atoms with Gasteiger partial charge in [-0.3, -0.25) is 0 Å². The number of benzene rings is 1. The van der Waals surface area contributed by atoms with Crippen LogP contribution >= 0.6 is 24.0 Å². The zero-order valence-electron chi connectivity index (χ0n) is 13.8. The van der Waals surface area contributed by atoms with Crippen LogP contribution in [0.1, 0.15) is 46.1 Å². The van der Waals surface area contributed by atoms with Crippen molar-refractivity contribution >= 4 is 31.1 Å². The molecule has 0 radical (unpaired) electrons. The third-order valence-corrected chi connectivity index (χ3v) is 4.75. The zero-order valence-corrected chi connectivity index (χ0v) is 15.3. The Morgan fingerprint density at radius 3 is 2.32 bits per heavy atom. The van der Waals surface area contributed by atoms with Gasteiger partial charge in [0.05, 0.1) is 11.2 Å². The van der Waals surface area contributed by atoms with Crippen LogP contribution in [0.25, 0.3) is 0 Å². The molecule has 0 bridgehead atoms. The molecule has 2 N–H and O–H groups in total. The lowest BCUT2D eigenvalue weighted by atomic mass is 9.76. The van der Waals surface area contributed by atoms with Gasteiger partial charge in [-0.05, 0) is 64.7 Å². The summed E-state index contributed by atoms with van der Waals surface area (Å²) in [5.41, 5.74) is 6.84. The Balaban J connectivity index is 0.00000242. The molecule has 0 aliphatic carbocycles. The highest BCUT2D eigenvalue weighted by molar-refractivity contribution is 6.47. The van der Waals surface area contributed by atoms with Crippen LogP contribution in [0.4, 0.5) is 0 Å². The van der Waals surface area contributed by atoms with Gasteiger partial charge in [0.25, 0.3) is 0 Å². The van der Waals surface area contributed by atoms with Crippen LogP contribution in [0.5, 0.6) is 0 Å². The molecule has 124 valence electrons. The van der Waals surface area contributed by atoms with Crippen molar-refractivity contribution in [3.8, 4) is 0 Å². The first-order valence-corrected chi connectivity index (χ1v) is 7.95. The molecule has 0 spiro atoms. The van der Waals surface area contributed by atoms with Gasteiger partial charge in [0.15, 0.2) is 0 Å². The third-order valence-electron chi connectivity index (χ3n) is 4.51. The lowest BCUT2D eigenvalue weighted by molar-refractivity contribution is 0.00578. The van der Waals surface area contributed by atoms with E-state index in [4.69, 9.17) is 26.6 Å². The molecule has 3 nitrogen and oxygen atoms in total. The smallest absolute Gasteiger partial charge is 0.402 e. The van der Waals surface area contributed by atoms with Gasteiger partial charge >= 0.3 is 7.12 Å². The van der Waals surface area contributed by atoms with Crippen molar-refractivity contribution in [1.29, 1.82) is 0 Å². The Morgan fingerprint density at radius 1 is 1.18 bits per heavy atom. The van der Waals surface area contributed by atoms with Crippen LogP contribution in [0.15, 0.2) is 24.3 Å². The molecule has 1 aliphatic rings. The Labute approximate surface area is 145 Å². The largest absolute Gasteiger partial charge is 0.475 e. The van der Waals surface area contributed by atoms with Crippen molar-refractivity contribution in [1.82, 2.24) is 0 Å². The van der Waals surface area contributed by atoms with E-state index >= 15 is 0 Å². The van der Waals surface area contributed by atoms with Crippen LogP contribution < -0.4 is 5.73 Å². The summed E-state index contributed by atoms with van der Waals surface area (Å²) in [6, 6.07) is 7.96. The predicted molar refractivity (Wildman–Crippen MR) is 95.7 cm³/mol. The number of hydrogen-bond donors (Lipinski definition) is 1. The van der Waals surface area contributed by atoms with Gasteiger partial charge in [0.2, 0.25) is 0 Å². The second-order valence-electron chi connectivity index (χ2n) is 6.81.